The summed E-state index contributed by atoms with van der Waals surface area (Å²) in [6.07, 6.45) is 6.26. The van der Waals surface area contributed by atoms with E-state index in [1.165, 1.54) is 0 Å². The number of rotatable bonds is 6. The number of halogens is 1. The molecule has 0 saturated carbocycles. The zero-order valence-electron chi connectivity index (χ0n) is 12.0. The maximum Gasteiger partial charge on any atom is 0.145 e. The topological polar surface area (TPSA) is 47.0 Å². The third-order valence-corrected chi connectivity index (χ3v) is 3.64. The fourth-order valence-electron chi connectivity index (χ4n) is 2.19. The van der Waals surface area contributed by atoms with Gasteiger partial charge in [0.1, 0.15) is 11.3 Å². The van der Waals surface area contributed by atoms with E-state index in [0.717, 1.165) is 39.8 Å². The summed E-state index contributed by atoms with van der Waals surface area (Å²) in [5, 5.41) is 4.42. The van der Waals surface area contributed by atoms with Crippen molar-refractivity contribution in [2.75, 3.05) is 18.5 Å². The van der Waals surface area contributed by atoms with E-state index in [4.69, 9.17) is 4.74 Å². The van der Waals surface area contributed by atoms with Crippen molar-refractivity contribution >= 4 is 32.5 Å². The van der Waals surface area contributed by atoms with Crippen molar-refractivity contribution in [3.05, 3.63) is 59.5 Å². The Balaban J connectivity index is 1.50. The molecule has 0 spiro atoms. The van der Waals surface area contributed by atoms with Gasteiger partial charge in [-0.25, -0.2) is 0 Å². The van der Waals surface area contributed by atoms with Crippen LogP contribution >= 0.6 is 15.9 Å². The van der Waals surface area contributed by atoms with E-state index in [1.807, 2.05) is 36.4 Å². The number of pyridine rings is 2. The Hall–Kier alpha value is -2.14. The molecule has 3 aromatic rings. The van der Waals surface area contributed by atoms with Gasteiger partial charge in [-0.15, -0.1) is 0 Å². The highest BCUT2D eigenvalue weighted by Gasteiger charge is 2.02. The fraction of sp³-hybridized carbons (Fsp3) is 0.176. The second-order valence-corrected chi connectivity index (χ2v) is 5.77. The Bertz CT molecular complexity index is 758. The third kappa shape index (κ3) is 3.74. The van der Waals surface area contributed by atoms with Gasteiger partial charge in [0, 0.05) is 28.8 Å². The molecule has 0 fully saturated rings. The van der Waals surface area contributed by atoms with Crippen LogP contribution in [0.25, 0.3) is 10.9 Å². The van der Waals surface area contributed by atoms with Gasteiger partial charge in [-0.1, -0.05) is 18.2 Å². The quantitative estimate of drug-likeness (QED) is 0.669. The van der Waals surface area contributed by atoms with Crippen LogP contribution in [0, 0.1) is 0 Å². The molecular weight excluding hydrogens is 342 g/mol. The van der Waals surface area contributed by atoms with Crippen LogP contribution in [0.4, 0.5) is 5.69 Å². The molecule has 0 bridgehead atoms. The Labute approximate surface area is 137 Å². The number of para-hydroxylation sites is 1. The van der Waals surface area contributed by atoms with E-state index in [-0.39, 0.29) is 0 Å². The van der Waals surface area contributed by atoms with Crippen molar-refractivity contribution in [1.29, 1.82) is 0 Å². The van der Waals surface area contributed by atoms with Crippen molar-refractivity contribution in [2.24, 2.45) is 0 Å². The first-order valence-corrected chi connectivity index (χ1v) is 7.93. The maximum atomic E-state index is 5.85. The molecule has 112 valence electrons. The molecule has 2 aromatic heterocycles. The first kappa shape index (κ1) is 14.8. The second-order valence-electron chi connectivity index (χ2n) is 4.85. The highest BCUT2D eigenvalue weighted by Crippen LogP contribution is 2.23. The summed E-state index contributed by atoms with van der Waals surface area (Å²) in [6, 6.07) is 12.0. The lowest BCUT2D eigenvalue weighted by Gasteiger charge is -2.09. The van der Waals surface area contributed by atoms with Gasteiger partial charge in [-0.2, -0.15) is 0 Å². The molecule has 0 atom stereocenters. The van der Waals surface area contributed by atoms with Gasteiger partial charge in [0.2, 0.25) is 0 Å². The van der Waals surface area contributed by atoms with Crippen molar-refractivity contribution < 1.29 is 4.74 Å². The molecule has 0 saturated heterocycles. The van der Waals surface area contributed by atoms with Crippen LogP contribution in [0.2, 0.25) is 0 Å². The van der Waals surface area contributed by atoms with Crippen LogP contribution in [0.15, 0.2) is 59.5 Å². The smallest absolute Gasteiger partial charge is 0.145 e. The van der Waals surface area contributed by atoms with Crippen molar-refractivity contribution in [3.8, 4) is 5.75 Å². The molecule has 22 heavy (non-hydrogen) atoms. The number of nitrogens with one attached hydrogen (secondary N) is 1. The molecule has 1 aromatic carbocycles. The summed E-state index contributed by atoms with van der Waals surface area (Å²) < 4.78 is 6.82. The highest BCUT2D eigenvalue weighted by molar-refractivity contribution is 9.10. The average molecular weight is 358 g/mol. The van der Waals surface area contributed by atoms with E-state index >= 15 is 0 Å². The van der Waals surface area contributed by atoms with Gasteiger partial charge in [0.25, 0.3) is 0 Å². The van der Waals surface area contributed by atoms with Gasteiger partial charge in [-0.05, 0) is 40.5 Å². The van der Waals surface area contributed by atoms with Crippen molar-refractivity contribution in [3.63, 3.8) is 0 Å². The minimum atomic E-state index is 0.643. The van der Waals surface area contributed by atoms with Crippen LogP contribution in [-0.4, -0.2) is 23.1 Å². The molecule has 0 amide bonds. The molecule has 5 heteroatoms. The molecular formula is C17H16BrN3O. The third-order valence-electron chi connectivity index (χ3n) is 3.21. The van der Waals surface area contributed by atoms with Crippen LogP contribution in [0.5, 0.6) is 5.75 Å². The molecule has 3 rings (SSSR count). The number of anilines is 1. The predicted molar refractivity (Wildman–Crippen MR) is 92.3 cm³/mol. The number of hydrogen-bond donors (Lipinski definition) is 1. The summed E-state index contributed by atoms with van der Waals surface area (Å²) in [6.45, 7) is 1.47. The highest BCUT2D eigenvalue weighted by atomic mass is 79.9. The fourth-order valence-corrected chi connectivity index (χ4v) is 2.55. The number of hydrogen-bond acceptors (Lipinski definition) is 4. The summed E-state index contributed by atoms with van der Waals surface area (Å²) in [7, 11) is 0. The average Bonchev–Trinajstić information content (AvgIpc) is 2.55. The van der Waals surface area contributed by atoms with Crippen LogP contribution in [-0.2, 0) is 0 Å². The van der Waals surface area contributed by atoms with E-state index in [2.05, 4.69) is 31.2 Å². The molecule has 0 unspecified atom stereocenters. The second kappa shape index (κ2) is 7.22. The minimum Gasteiger partial charge on any atom is -0.491 e. The standard InChI is InChI=1S/C17H16BrN3O/c18-14-10-15(12-19-11-14)20-8-3-9-22-16-6-1-4-13-5-2-7-21-17(13)16/h1-2,4-7,10-12,20H,3,8-9H2. The molecule has 2 heterocycles. The minimum absolute atomic E-state index is 0.643. The van der Waals surface area contributed by atoms with Gasteiger partial charge < -0.3 is 10.1 Å². The van der Waals surface area contributed by atoms with Crippen molar-refractivity contribution in [1.82, 2.24) is 9.97 Å². The number of nitrogens with zero attached hydrogens (tertiary/aromatic N) is 2. The zero-order valence-corrected chi connectivity index (χ0v) is 13.6. The van der Waals surface area contributed by atoms with Crippen LogP contribution in [0.1, 0.15) is 6.42 Å². The van der Waals surface area contributed by atoms with Crippen molar-refractivity contribution in [2.45, 2.75) is 6.42 Å². The summed E-state index contributed by atoms with van der Waals surface area (Å²) >= 11 is 3.40. The molecule has 1 N–H and O–H groups in total. The van der Waals surface area contributed by atoms with Crippen LogP contribution in [0.3, 0.4) is 0 Å². The molecule has 0 aliphatic carbocycles. The summed E-state index contributed by atoms with van der Waals surface area (Å²) in [5.74, 6) is 0.835. The zero-order chi connectivity index (χ0) is 15.2. The molecule has 0 aliphatic heterocycles. The number of aromatic nitrogens is 2. The first-order valence-electron chi connectivity index (χ1n) is 7.14. The number of ether oxygens (including phenoxy) is 1. The number of fused-ring (bicyclic) bond motifs is 1. The maximum absolute atomic E-state index is 5.85. The van der Waals surface area contributed by atoms with Gasteiger partial charge in [-0.3, -0.25) is 9.97 Å². The first-order chi connectivity index (χ1) is 10.8. The normalized spacial score (nSPS) is 10.6. The predicted octanol–water partition coefficient (Wildman–Crippen LogP) is 4.27. The Morgan fingerprint density at radius 2 is 2.05 bits per heavy atom. The SMILES string of the molecule is Brc1cncc(NCCCOc2cccc3cccnc23)c1. The van der Waals surface area contributed by atoms with Gasteiger partial charge >= 0.3 is 0 Å². The van der Waals surface area contributed by atoms with Crippen LogP contribution < -0.4 is 10.1 Å². The Morgan fingerprint density at radius 1 is 1.14 bits per heavy atom. The lowest BCUT2D eigenvalue weighted by molar-refractivity contribution is 0.318. The van der Waals surface area contributed by atoms with E-state index in [1.54, 1.807) is 18.6 Å². The Kier molecular flexibility index (Phi) is 4.85. The van der Waals surface area contributed by atoms with Gasteiger partial charge in [0.15, 0.2) is 0 Å². The monoisotopic (exact) mass is 357 g/mol. The number of benzene rings is 1. The molecule has 0 radical (unpaired) electrons. The van der Waals surface area contributed by atoms with Gasteiger partial charge in [0.05, 0.1) is 18.5 Å². The summed E-state index contributed by atoms with van der Waals surface area (Å²) in [4.78, 5) is 8.50. The lowest BCUT2D eigenvalue weighted by Crippen LogP contribution is -2.07. The Morgan fingerprint density at radius 3 is 2.95 bits per heavy atom. The van der Waals surface area contributed by atoms with E-state index in [0.29, 0.717) is 6.61 Å². The largest absolute Gasteiger partial charge is 0.491 e. The van der Waals surface area contributed by atoms with E-state index in [9.17, 15) is 0 Å². The lowest BCUT2D eigenvalue weighted by atomic mass is 10.2. The molecule has 0 aliphatic rings. The molecule has 4 nitrogen and oxygen atoms in total. The summed E-state index contributed by atoms with van der Waals surface area (Å²) in [5.41, 5.74) is 1.91. The van der Waals surface area contributed by atoms with E-state index < -0.39 is 0 Å².